The van der Waals surface area contributed by atoms with E-state index >= 15 is 0 Å². The first-order chi connectivity index (χ1) is 47.0. The fourth-order valence-corrected chi connectivity index (χ4v) is 16.8. The quantitative estimate of drug-likeness (QED) is 0.136. The molecule has 1 spiro atoms. The molecule has 1 aliphatic heterocycles. The molecule has 1 aliphatic carbocycles. The third-order valence-electron chi connectivity index (χ3n) is 19.5. The predicted molar refractivity (Wildman–Crippen MR) is 398 cm³/mol. The number of nitrogens with zero attached hydrogens (tertiary/aromatic N) is 2. The zero-order valence-corrected chi connectivity index (χ0v) is 52.8. The Morgan fingerprint density at radius 1 is 0.326 bits per heavy atom. The fraction of sp³-hybridized carbons (Fsp3) is 0.0112. The Morgan fingerprint density at radius 3 is 1.71 bits per heavy atom. The molecule has 3 heterocycles. The van der Waals surface area contributed by atoms with Crippen LogP contribution >= 0.6 is 22.9 Å². The topological polar surface area (TPSA) is 28.9 Å². The lowest BCUT2D eigenvalue weighted by Gasteiger charge is -2.40. The zero-order chi connectivity index (χ0) is 62.7. The number of para-hydroxylation sites is 4. The van der Waals surface area contributed by atoms with E-state index in [-0.39, 0.29) is 0 Å². The number of benzene rings is 15. The molecule has 2 aromatic heterocycles. The van der Waals surface area contributed by atoms with Crippen LogP contribution in [0.2, 0.25) is 5.02 Å². The maximum absolute atomic E-state index is 7.29. The molecule has 0 fully saturated rings. The molecule has 0 saturated heterocycles. The fourth-order valence-electron chi connectivity index (χ4n) is 15.4. The number of hydrogen-bond acceptors (Lipinski definition) is 5. The standard InChI is InChI=1S/C89H55ClN2O2S/c90-63-27-18-26-62(50-63)69-32-19-34-80-86(69)94-83-36-16-14-33-79(83)89(80)77-47-44-66(52-74(77)75-53-67(45-48-78(75)89)92(64-28-8-3-9-29-64)81-49-46-70(59-23-6-2-7-24-59)87-85(81)72-31-12-15-35-82(72)93-87)91(65-43-42-57-22-10-11-25-61(57)51-65)68-54-73(88-76(55-68)71-30-13-17-37-84(71)95-88)60-40-38-58(39-41-60)56-20-4-1-5-21-56/h1-55H. The highest BCUT2D eigenvalue weighted by Gasteiger charge is 2.52. The summed E-state index contributed by atoms with van der Waals surface area (Å²) < 4.78 is 16.8. The SMILES string of the molecule is Clc1cccc(-c2cccc3c2Oc2ccccc2C32c3ccc(N(c4ccc5ccccc5c4)c4cc(-c5ccc(-c6ccccc6)cc5)c5sc6ccccc6c5c4)cc3-c3cc(N(c4ccccc4)c4ccc(-c5ccccc5)c5oc6ccccc6c45)ccc32)c1. The Balaban J connectivity index is 0.889. The highest BCUT2D eigenvalue weighted by atomic mass is 35.5. The molecule has 0 amide bonds. The maximum Gasteiger partial charge on any atom is 0.145 e. The van der Waals surface area contributed by atoms with Gasteiger partial charge in [0, 0.05) is 86.8 Å². The summed E-state index contributed by atoms with van der Waals surface area (Å²) in [5.74, 6) is 1.61. The van der Waals surface area contributed by atoms with Crippen LogP contribution in [0.1, 0.15) is 22.3 Å². The van der Waals surface area contributed by atoms with Gasteiger partial charge in [0.2, 0.25) is 0 Å². The first kappa shape index (κ1) is 55.0. The summed E-state index contributed by atoms with van der Waals surface area (Å²) in [5, 5.41) is 7.54. The van der Waals surface area contributed by atoms with Gasteiger partial charge in [0.15, 0.2) is 0 Å². The summed E-state index contributed by atoms with van der Waals surface area (Å²) >= 11 is 8.72. The number of furan rings is 1. The molecule has 95 heavy (non-hydrogen) atoms. The number of anilines is 6. The van der Waals surface area contributed by atoms with Crippen molar-refractivity contribution in [1.29, 1.82) is 0 Å². The molecule has 446 valence electrons. The average molecular weight is 1250 g/mol. The normalized spacial score (nSPS) is 13.7. The van der Waals surface area contributed by atoms with Crippen LogP contribution in [0.4, 0.5) is 34.1 Å². The molecule has 2 aliphatic rings. The molecule has 0 radical (unpaired) electrons. The second-order valence-corrected chi connectivity index (χ2v) is 26.2. The molecule has 1 atom stereocenters. The van der Waals surface area contributed by atoms with Crippen molar-refractivity contribution in [2.45, 2.75) is 5.41 Å². The second kappa shape index (κ2) is 22.0. The highest BCUT2D eigenvalue weighted by molar-refractivity contribution is 7.26. The summed E-state index contributed by atoms with van der Waals surface area (Å²) in [7, 11) is 0. The van der Waals surface area contributed by atoms with E-state index in [1.165, 1.54) is 42.2 Å². The van der Waals surface area contributed by atoms with Gasteiger partial charge in [0.1, 0.15) is 22.7 Å². The van der Waals surface area contributed by atoms with Crippen LogP contribution in [0, 0.1) is 0 Å². The van der Waals surface area contributed by atoms with Gasteiger partial charge in [-0.15, -0.1) is 11.3 Å². The van der Waals surface area contributed by atoms with Gasteiger partial charge in [-0.05, 0) is 164 Å². The molecule has 17 aromatic rings. The molecule has 0 bridgehead atoms. The van der Waals surface area contributed by atoms with Gasteiger partial charge in [-0.25, -0.2) is 0 Å². The van der Waals surface area contributed by atoms with Gasteiger partial charge >= 0.3 is 0 Å². The first-order valence-electron chi connectivity index (χ1n) is 32.2. The number of fused-ring (bicyclic) bond motifs is 16. The number of ether oxygens (including phenoxy) is 1. The van der Waals surface area contributed by atoms with Gasteiger partial charge in [-0.1, -0.05) is 242 Å². The molecule has 0 saturated carbocycles. The van der Waals surface area contributed by atoms with E-state index in [9.17, 15) is 0 Å². The number of rotatable bonds is 10. The highest BCUT2D eigenvalue weighted by Crippen LogP contribution is 2.65. The Labute approximate surface area is 558 Å². The predicted octanol–water partition coefficient (Wildman–Crippen LogP) is 25.8. The van der Waals surface area contributed by atoms with Crippen molar-refractivity contribution in [3.8, 4) is 67.1 Å². The Bertz CT molecular complexity index is 5920. The van der Waals surface area contributed by atoms with Crippen LogP contribution in [0.5, 0.6) is 11.5 Å². The molecular weight excluding hydrogens is 1200 g/mol. The Morgan fingerprint density at radius 2 is 0.916 bits per heavy atom. The minimum atomic E-state index is -0.842. The molecule has 1 unspecified atom stereocenters. The van der Waals surface area contributed by atoms with Gasteiger partial charge in [0.05, 0.1) is 16.5 Å². The summed E-state index contributed by atoms with van der Waals surface area (Å²) in [6.07, 6.45) is 0. The van der Waals surface area contributed by atoms with Crippen molar-refractivity contribution in [3.05, 3.63) is 361 Å². The lowest BCUT2D eigenvalue weighted by atomic mass is 9.65. The molecule has 0 N–H and O–H groups in total. The number of hydrogen-bond donors (Lipinski definition) is 0. The van der Waals surface area contributed by atoms with E-state index in [1.54, 1.807) is 0 Å². The lowest BCUT2D eigenvalue weighted by molar-refractivity contribution is 0.438. The number of thiophene rings is 1. The van der Waals surface area contributed by atoms with Crippen molar-refractivity contribution in [3.63, 3.8) is 0 Å². The third-order valence-corrected chi connectivity index (χ3v) is 21.0. The molecule has 6 heteroatoms. The van der Waals surface area contributed by atoms with E-state index in [0.29, 0.717) is 5.02 Å². The maximum atomic E-state index is 7.29. The molecule has 15 aromatic carbocycles. The van der Waals surface area contributed by atoms with E-state index in [2.05, 4.69) is 325 Å². The van der Waals surface area contributed by atoms with Crippen molar-refractivity contribution < 1.29 is 9.15 Å². The monoisotopic (exact) mass is 1250 g/mol. The van der Waals surface area contributed by atoms with Crippen molar-refractivity contribution in [1.82, 2.24) is 0 Å². The number of halogens is 1. The van der Waals surface area contributed by atoms with Crippen molar-refractivity contribution in [2.75, 3.05) is 9.80 Å². The Kier molecular flexibility index (Phi) is 12.7. The lowest BCUT2D eigenvalue weighted by Crippen LogP contribution is -2.32. The van der Waals surface area contributed by atoms with Gasteiger partial charge in [-0.2, -0.15) is 0 Å². The van der Waals surface area contributed by atoms with Crippen molar-refractivity contribution >= 4 is 110 Å². The van der Waals surface area contributed by atoms with Gasteiger partial charge in [0.25, 0.3) is 0 Å². The summed E-state index contributed by atoms with van der Waals surface area (Å²) in [6, 6.07) is 121. The average Bonchev–Trinajstić information content (AvgIpc) is 1.56. The summed E-state index contributed by atoms with van der Waals surface area (Å²) in [6.45, 7) is 0. The summed E-state index contributed by atoms with van der Waals surface area (Å²) in [4.78, 5) is 4.91. The van der Waals surface area contributed by atoms with Crippen LogP contribution in [0.15, 0.2) is 338 Å². The van der Waals surface area contributed by atoms with Crippen molar-refractivity contribution in [2.24, 2.45) is 0 Å². The minimum Gasteiger partial charge on any atom is -0.456 e. The largest absolute Gasteiger partial charge is 0.456 e. The molecular formula is C89H55ClN2O2S. The van der Waals surface area contributed by atoms with Crippen LogP contribution in [0.3, 0.4) is 0 Å². The van der Waals surface area contributed by atoms with E-state index in [1.807, 2.05) is 29.5 Å². The zero-order valence-electron chi connectivity index (χ0n) is 51.3. The van der Waals surface area contributed by atoms with Gasteiger partial charge < -0.3 is 19.0 Å². The van der Waals surface area contributed by atoms with E-state index in [0.717, 1.165) is 134 Å². The van der Waals surface area contributed by atoms with Crippen LogP contribution in [-0.4, -0.2) is 0 Å². The minimum absolute atomic E-state index is 0.663. The smallest absolute Gasteiger partial charge is 0.145 e. The van der Waals surface area contributed by atoms with Crippen LogP contribution in [-0.2, 0) is 5.41 Å². The van der Waals surface area contributed by atoms with Crippen LogP contribution in [0.25, 0.3) is 109 Å². The first-order valence-corrected chi connectivity index (χ1v) is 33.4. The van der Waals surface area contributed by atoms with Crippen LogP contribution < -0.4 is 14.5 Å². The summed E-state index contributed by atoms with van der Waals surface area (Å²) in [5.41, 5.74) is 22.5. The second-order valence-electron chi connectivity index (χ2n) is 24.8. The van der Waals surface area contributed by atoms with E-state index < -0.39 is 5.41 Å². The van der Waals surface area contributed by atoms with Gasteiger partial charge in [-0.3, -0.25) is 0 Å². The molecule has 4 nitrogen and oxygen atoms in total. The Hall–Kier alpha value is -11.7. The molecule has 19 rings (SSSR count). The van der Waals surface area contributed by atoms with E-state index in [4.69, 9.17) is 20.8 Å². The third kappa shape index (κ3) is 8.74.